The van der Waals surface area contributed by atoms with Crippen LogP contribution in [0.1, 0.15) is 31.4 Å². The molecule has 0 spiro atoms. The number of benzene rings is 1. The Hall–Kier alpha value is -3.27. The number of carbonyl (C=O) groups excluding carboxylic acids is 1. The molecule has 3 rings (SSSR count). The van der Waals surface area contributed by atoms with E-state index in [1.807, 2.05) is 6.07 Å². The lowest BCUT2D eigenvalue weighted by Crippen LogP contribution is -2.17. The molecule has 0 radical (unpaired) electrons. The SMILES string of the molecule is C#CCCC1(CCC(=O)Nc2cccc(-c3nc(C)cc(=O)[nH]3)c2)N=N1. The van der Waals surface area contributed by atoms with Crippen molar-refractivity contribution in [2.24, 2.45) is 10.2 Å². The van der Waals surface area contributed by atoms with Gasteiger partial charge >= 0.3 is 0 Å². The fraction of sp³-hybridized carbons (Fsp3) is 0.316. The van der Waals surface area contributed by atoms with Gasteiger partial charge in [0.05, 0.1) is 0 Å². The molecule has 1 amide bonds. The summed E-state index contributed by atoms with van der Waals surface area (Å²) in [5.41, 5.74) is 1.32. The molecule has 2 heterocycles. The van der Waals surface area contributed by atoms with Gasteiger partial charge in [0.15, 0.2) is 5.66 Å². The quantitative estimate of drug-likeness (QED) is 0.751. The van der Waals surface area contributed by atoms with Gasteiger partial charge in [0.25, 0.3) is 5.56 Å². The van der Waals surface area contributed by atoms with Gasteiger partial charge < -0.3 is 10.3 Å². The molecule has 2 aromatic rings. The van der Waals surface area contributed by atoms with Crippen LogP contribution < -0.4 is 10.9 Å². The fourth-order valence-electron chi connectivity index (χ4n) is 2.67. The maximum absolute atomic E-state index is 12.2. The van der Waals surface area contributed by atoms with E-state index in [0.29, 0.717) is 42.9 Å². The molecule has 0 saturated carbocycles. The van der Waals surface area contributed by atoms with E-state index < -0.39 is 5.66 Å². The van der Waals surface area contributed by atoms with Gasteiger partial charge in [-0.15, -0.1) is 12.3 Å². The van der Waals surface area contributed by atoms with Crippen LogP contribution >= 0.6 is 0 Å². The van der Waals surface area contributed by atoms with Crippen LogP contribution in [0.15, 0.2) is 45.4 Å². The van der Waals surface area contributed by atoms with Crippen molar-refractivity contribution >= 4 is 11.6 Å². The van der Waals surface area contributed by atoms with Crippen molar-refractivity contribution in [3.63, 3.8) is 0 Å². The molecule has 7 nitrogen and oxygen atoms in total. The van der Waals surface area contributed by atoms with Crippen LogP contribution in [0.4, 0.5) is 5.69 Å². The van der Waals surface area contributed by atoms with Crippen LogP contribution in [-0.4, -0.2) is 21.5 Å². The summed E-state index contributed by atoms with van der Waals surface area (Å²) >= 11 is 0. The second kappa shape index (κ2) is 7.31. The van der Waals surface area contributed by atoms with Gasteiger partial charge in [-0.1, -0.05) is 12.1 Å². The van der Waals surface area contributed by atoms with Crippen LogP contribution in [0.3, 0.4) is 0 Å². The Bertz CT molecular complexity index is 949. The monoisotopic (exact) mass is 349 g/mol. The first-order valence-corrected chi connectivity index (χ1v) is 8.35. The number of anilines is 1. The number of aromatic amines is 1. The number of hydrogen-bond acceptors (Lipinski definition) is 5. The van der Waals surface area contributed by atoms with E-state index in [4.69, 9.17) is 6.42 Å². The Kier molecular flexibility index (Phi) is 4.94. The summed E-state index contributed by atoms with van der Waals surface area (Å²) in [6.45, 7) is 1.76. The van der Waals surface area contributed by atoms with Gasteiger partial charge in [0, 0.05) is 48.7 Å². The Morgan fingerprint density at radius 3 is 2.81 bits per heavy atom. The number of carbonyl (C=O) groups is 1. The van der Waals surface area contributed by atoms with Gasteiger partial charge in [-0.3, -0.25) is 9.59 Å². The largest absolute Gasteiger partial charge is 0.326 e. The van der Waals surface area contributed by atoms with E-state index in [0.717, 1.165) is 5.56 Å². The highest BCUT2D eigenvalue weighted by Crippen LogP contribution is 2.37. The topological polar surface area (TPSA) is 99.6 Å². The molecule has 1 aliphatic rings. The van der Waals surface area contributed by atoms with Crippen molar-refractivity contribution in [2.75, 3.05) is 5.32 Å². The fourth-order valence-corrected chi connectivity index (χ4v) is 2.67. The van der Waals surface area contributed by atoms with Crippen LogP contribution in [0, 0.1) is 19.3 Å². The first kappa shape index (κ1) is 17.5. The normalized spacial score (nSPS) is 13.8. The summed E-state index contributed by atoms with van der Waals surface area (Å²) in [4.78, 5) is 30.8. The van der Waals surface area contributed by atoms with Crippen LogP contribution in [0.25, 0.3) is 11.4 Å². The van der Waals surface area contributed by atoms with Crippen LogP contribution in [0.2, 0.25) is 0 Å². The maximum Gasteiger partial charge on any atom is 0.251 e. The molecule has 2 N–H and O–H groups in total. The van der Waals surface area contributed by atoms with E-state index in [9.17, 15) is 9.59 Å². The van der Waals surface area contributed by atoms with Gasteiger partial charge in [-0.25, -0.2) is 4.98 Å². The number of aryl methyl sites for hydroxylation is 1. The molecule has 0 atom stereocenters. The molecule has 0 aliphatic carbocycles. The molecule has 7 heteroatoms. The Balaban J connectivity index is 1.63. The number of rotatable bonds is 7. The molecule has 1 aliphatic heterocycles. The zero-order valence-corrected chi connectivity index (χ0v) is 14.5. The second-order valence-corrected chi connectivity index (χ2v) is 6.25. The molecular formula is C19H19N5O2. The molecule has 0 unspecified atom stereocenters. The number of aromatic nitrogens is 2. The standard InChI is InChI=1S/C19H19N5O2/c1-3-4-9-19(23-24-19)10-8-16(25)21-15-7-5-6-14(12-15)18-20-13(2)11-17(26)22-18/h1,5-7,11-12H,4,8-10H2,2H3,(H,21,25)(H,20,22,26). The third-order valence-corrected chi connectivity index (χ3v) is 4.09. The van der Waals surface area contributed by atoms with E-state index in [-0.39, 0.29) is 11.5 Å². The predicted molar refractivity (Wildman–Crippen MR) is 98.5 cm³/mol. The number of amides is 1. The predicted octanol–water partition coefficient (Wildman–Crippen LogP) is 3.04. The Morgan fingerprint density at radius 2 is 2.12 bits per heavy atom. The molecular weight excluding hydrogens is 330 g/mol. The highest BCUT2D eigenvalue weighted by Gasteiger charge is 2.39. The molecule has 1 aromatic carbocycles. The lowest BCUT2D eigenvalue weighted by Gasteiger charge is -2.10. The van der Waals surface area contributed by atoms with Crippen molar-refractivity contribution in [2.45, 2.75) is 38.3 Å². The summed E-state index contributed by atoms with van der Waals surface area (Å²) in [7, 11) is 0. The third kappa shape index (κ3) is 4.42. The zero-order chi connectivity index (χ0) is 18.6. The highest BCUT2D eigenvalue weighted by molar-refractivity contribution is 5.91. The minimum absolute atomic E-state index is 0.120. The summed E-state index contributed by atoms with van der Waals surface area (Å²) in [6, 6.07) is 8.61. The average molecular weight is 349 g/mol. The number of nitrogens with one attached hydrogen (secondary N) is 2. The summed E-state index contributed by atoms with van der Waals surface area (Å²) < 4.78 is 0. The van der Waals surface area contributed by atoms with Gasteiger partial charge in [-0.2, -0.15) is 10.2 Å². The first-order chi connectivity index (χ1) is 12.5. The molecule has 0 fully saturated rings. The first-order valence-electron chi connectivity index (χ1n) is 8.35. The van der Waals surface area contributed by atoms with Gasteiger partial charge in [-0.05, 0) is 19.1 Å². The highest BCUT2D eigenvalue weighted by atomic mass is 16.1. The van der Waals surface area contributed by atoms with E-state index in [2.05, 4.69) is 31.4 Å². The Morgan fingerprint density at radius 1 is 1.31 bits per heavy atom. The van der Waals surface area contributed by atoms with E-state index >= 15 is 0 Å². The minimum atomic E-state index is -0.462. The van der Waals surface area contributed by atoms with Gasteiger partial charge in [0.2, 0.25) is 5.91 Å². The van der Waals surface area contributed by atoms with Crippen molar-refractivity contribution < 1.29 is 4.79 Å². The van der Waals surface area contributed by atoms with Gasteiger partial charge in [0.1, 0.15) is 5.82 Å². The van der Waals surface area contributed by atoms with Crippen LogP contribution in [0.5, 0.6) is 0 Å². The summed E-state index contributed by atoms with van der Waals surface area (Å²) in [5, 5.41) is 10.9. The average Bonchev–Trinajstić information content (AvgIpc) is 3.38. The number of hydrogen-bond donors (Lipinski definition) is 2. The molecule has 132 valence electrons. The summed E-state index contributed by atoms with van der Waals surface area (Å²) in [5.74, 6) is 2.92. The van der Waals surface area contributed by atoms with E-state index in [1.54, 1.807) is 25.1 Å². The second-order valence-electron chi connectivity index (χ2n) is 6.25. The van der Waals surface area contributed by atoms with Crippen LogP contribution in [-0.2, 0) is 4.79 Å². The van der Waals surface area contributed by atoms with Crippen molar-refractivity contribution in [3.8, 4) is 23.7 Å². The van der Waals surface area contributed by atoms with Crippen molar-refractivity contribution in [3.05, 3.63) is 46.4 Å². The molecule has 0 saturated heterocycles. The molecule has 26 heavy (non-hydrogen) atoms. The van der Waals surface area contributed by atoms with Crippen molar-refractivity contribution in [1.82, 2.24) is 9.97 Å². The maximum atomic E-state index is 12.2. The minimum Gasteiger partial charge on any atom is -0.326 e. The molecule has 0 bridgehead atoms. The van der Waals surface area contributed by atoms with E-state index in [1.165, 1.54) is 6.07 Å². The lowest BCUT2D eigenvalue weighted by molar-refractivity contribution is -0.116. The lowest BCUT2D eigenvalue weighted by atomic mass is 10.0. The number of H-pyrrole nitrogens is 1. The number of nitrogens with zero attached hydrogens (tertiary/aromatic N) is 3. The number of terminal acetylenes is 1. The summed E-state index contributed by atoms with van der Waals surface area (Å²) in [6.07, 6.45) is 7.39. The Labute approximate surface area is 151 Å². The smallest absolute Gasteiger partial charge is 0.251 e. The zero-order valence-electron chi connectivity index (χ0n) is 14.5. The third-order valence-electron chi connectivity index (χ3n) is 4.09. The molecule has 1 aromatic heterocycles. The van der Waals surface area contributed by atoms with Crippen molar-refractivity contribution in [1.29, 1.82) is 0 Å².